The lowest BCUT2D eigenvalue weighted by molar-refractivity contribution is -0.121. The molecule has 2 N–H and O–H groups in total. The second-order valence-electron chi connectivity index (χ2n) is 6.80. The Labute approximate surface area is 185 Å². The topological polar surface area (TPSA) is 96.9 Å². The summed E-state index contributed by atoms with van der Waals surface area (Å²) in [4.78, 5) is 16.5. The zero-order chi connectivity index (χ0) is 21.4. The van der Waals surface area contributed by atoms with Gasteiger partial charge in [0.2, 0.25) is 5.91 Å². The number of unbranched alkanes of at least 4 members (excludes halogenated alkanes) is 2. The highest BCUT2D eigenvalue weighted by Gasteiger charge is 2.29. The highest BCUT2D eigenvalue weighted by atomic mass is 79.9. The van der Waals surface area contributed by atoms with Gasteiger partial charge in [-0.1, -0.05) is 40.5 Å². The van der Waals surface area contributed by atoms with E-state index >= 15 is 0 Å². The summed E-state index contributed by atoms with van der Waals surface area (Å²) in [6.45, 7) is 1.38. The normalized spacial score (nSPS) is 15.4. The van der Waals surface area contributed by atoms with Gasteiger partial charge in [-0.15, -0.1) is 0 Å². The molecule has 1 aliphatic heterocycles. The van der Waals surface area contributed by atoms with E-state index in [2.05, 4.69) is 31.0 Å². The number of benzene rings is 2. The fraction of sp³-hybridized carbons (Fsp3) is 0.333. The predicted molar refractivity (Wildman–Crippen MR) is 119 cm³/mol. The van der Waals surface area contributed by atoms with E-state index in [0.717, 1.165) is 29.5 Å². The van der Waals surface area contributed by atoms with Crippen LogP contribution in [0.25, 0.3) is 0 Å². The van der Waals surface area contributed by atoms with Gasteiger partial charge >= 0.3 is 0 Å². The molecule has 0 fully saturated rings. The zero-order valence-corrected chi connectivity index (χ0v) is 18.8. The average Bonchev–Trinajstić information content (AvgIpc) is 2.98. The molecular formula is C21H24BrN3O4S. The van der Waals surface area contributed by atoms with Crippen molar-refractivity contribution in [1.29, 1.82) is 0 Å². The Balaban J connectivity index is 1.28. The van der Waals surface area contributed by atoms with Crippen molar-refractivity contribution < 1.29 is 17.9 Å². The van der Waals surface area contributed by atoms with Crippen LogP contribution < -0.4 is 14.8 Å². The molecule has 0 aliphatic carbocycles. The molecule has 0 radical (unpaired) electrons. The molecule has 3 rings (SSSR count). The van der Waals surface area contributed by atoms with Crippen LogP contribution in [-0.2, 0) is 14.8 Å². The summed E-state index contributed by atoms with van der Waals surface area (Å²) in [5, 5.41) is 2.84. The van der Waals surface area contributed by atoms with E-state index in [4.69, 9.17) is 4.74 Å². The lowest BCUT2D eigenvalue weighted by Crippen LogP contribution is -2.27. The highest BCUT2D eigenvalue weighted by Crippen LogP contribution is 2.22. The SMILES string of the molecule is O=C(CCCCCN=C1NS(=O)(=O)c2ccccc21)NCCOc1cccc(Br)c1. The second-order valence-corrected chi connectivity index (χ2v) is 9.36. The van der Waals surface area contributed by atoms with Gasteiger partial charge < -0.3 is 10.1 Å². The monoisotopic (exact) mass is 493 g/mol. The molecule has 0 unspecified atom stereocenters. The summed E-state index contributed by atoms with van der Waals surface area (Å²) in [5.74, 6) is 1.15. The third-order valence-electron chi connectivity index (χ3n) is 4.48. The van der Waals surface area contributed by atoms with Crippen molar-refractivity contribution in [3.63, 3.8) is 0 Å². The van der Waals surface area contributed by atoms with Crippen molar-refractivity contribution in [2.75, 3.05) is 19.7 Å². The van der Waals surface area contributed by atoms with E-state index in [1.807, 2.05) is 24.3 Å². The molecule has 1 heterocycles. The molecule has 30 heavy (non-hydrogen) atoms. The Kier molecular flexibility index (Phi) is 7.87. The predicted octanol–water partition coefficient (Wildman–Crippen LogP) is 3.24. The number of fused-ring (bicyclic) bond motifs is 1. The molecule has 0 atom stereocenters. The molecule has 7 nitrogen and oxygen atoms in total. The number of amides is 1. The summed E-state index contributed by atoms with van der Waals surface area (Å²) in [6, 6.07) is 14.4. The fourth-order valence-electron chi connectivity index (χ4n) is 3.02. The molecule has 0 saturated heterocycles. The summed E-state index contributed by atoms with van der Waals surface area (Å²) in [7, 11) is -3.49. The van der Waals surface area contributed by atoms with Gasteiger partial charge in [-0.25, -0.2) is 8.42 Å². The summed E-state index contributed by atoms with van der Waals surface area (Å²) >= 11 is 3.38. The van der Waals surface area contributed by atoms with Gasteiger partial charge in [0.25, 0.3) is 10.0 Å². The third kappa shape index (κ3) is 6.30. The molecule has 2 aromatic rings. The molecule has 9 heteroatoms. The number of aliphatic imine (C=N–C) groups is 1. The molecule has 0 spiro atoms. The van der Waals surface area contributed by atoms with Crippen LogP contribution in [-0.4, -0.2) is 39.9 Å². The number of amidine groups is 1. The van der Waals surface area contributed by atoms with Crippen LogP contribution in [0.2, 0.25) is 0 Å². The highest BCUT2D eigenvalue weighted by molar-refractivity contribution is 9.10. The molecule has 0 saturated carbocycles. The Morgan fingerprint density at radius 2 is 1.93 bits per heavy atom. The van der Waals surface area contributed by atoms with Crippen LogP contribution in [0.4, 0.5) is 0 Å². The van der Waals surface area contributed by atoms with E-state index in [0.29, 0.717) is 37.5 Å². The zero-order valence-electron chi connectivity index (χ0n) is 16.4. The minimum Gasteiger partial charge on any atom is -0.492 e. The van der Waals surface area contributed by atoms with Crippen LogP contribution in [0.3, 0.4) is 0 Å². The molecular weight excluding hydrogens is 470 g/mol. The molecule has 0 aromatic heterocycles. The molecule has 2 aromatic carbocycles. The number of sulfonamides is 1. The first-order chi connectivity index (χ1) is 14.5. The number of hydrogen-bond acceptors (Lipinski definition) is 5. The molecule has 160 valence electrons. The summed E-state index contributed by atoms with van der Waals surface area (Å²) in [6.07, 6.45) is 2.83. The Bertz CT molecular complexity index is 1020. The Hall–Kier alpha value is -2.39. The standard InChI is InChI=1S/C21H24BrN3O4S/c22-16-7-6-8-17(15-16)29-14-13-23-20(26)11-2-1-5-12-24-21-18-9-3-4-10-19(18)30(27,28)25-21/h3-4,6-10,15H,1-2,5,11-14H2,(H,23,26)(H,24,25). The van der Waals surface area contributed by atoms with Crippen LogP contribution in [0.15, 0.2) is 62.9 Å². The first-order valence-corrected chi connectivity index (χ1v) is 12.0. The van der Waals surface area contributed by atoms with E-state index in [-0.39, 0.29) is 10.8 Å². The third-order valence-corrected chi connectivity index (χ3v) is 6.37. The average molecular weight is 494 g/mol. The minimum absolute atomic E-state index is 0.00311. The van der Waals surface area contributed by atoms with E-state index in [1.54, 1.807) is 24.3 Å². The van der Waals surface area contributed by atoms with Gasteiger partial charge in [-0.05, 0) is 43.2 Å². The number of nitrogens with one attached hydrogen (secondary N) is 2. The van der Waals surface area contributed by atoms with Crippen molar-refractivity contribution in [2.45, 2.75) is 30.6 Å². The Morgan fingerprint density at radius 1 is 1.10 bits per heavy atom. The lowest BCUT2D eigenvalue weighted by Gasteiger charge is -2.08. The van der Waals surface area contributed by atoms with Crippen LogP contribution in [0, 0.1) is 0 Å². The van der Waals surface area contributed by atoms with Gasteiger partial charge in [0.15, 0.2) is 0 Å². The van der Waals surface area contributed by atoms with E-state index in [1.165, 1.54) is 0 Å². The maximum Gasteiger partial charge on any atom is 0.263 e. The minimum atomic E-state index is -3.49. The van der Waals surface area contributed by atoms with Crippen molar-refractivity contribution in [3.8, 4) is 5.75 Å². The number of carbonyl (C=O) groups excluding carboxylic acids is 1. The number of halogens is 1. The molecule has 0 bridgehead atoms. The lowest BCUT2D eigenvalue weighted by atomic mass is 10.2. The maximum absolute atomic E-state index is 12.0. The van der Waals surface area contributed by atoms with Crippen molar-refractivity contribution >= 4 is 37.7 Å². The van der Waals surface area contributed by atoms with E-state index in [9.17, 15) is 13.2 Å². The first kappa shape index (κ1) is 22.3. The van der Waals surface area contributed by atoms with Gasteiger partial charge in [-0.3, -0.25) is 14.5 Å². The number of hydrogen-bond donors (Lipinski definition) is 2. The van der Waals surface area contributed by atoms with Gasteiger partial charge in [-0.2, -0.15) is 0 Å². The van der Waals surface area contributed by atoms with Crippen LogP contribution in [0.1, 0.15) is 31.2 Å². The molecule has 1 amide bonds. The smallest absolute Gasteiger partial charge is 0.263 e. The number of carbonyl (C=O) groups is 1. The quantitative estimate of drug-likeness (QED) is 0.496. The second kappa shape index (κ2) is 10.6. The number of nitrogens with zero attached hydrogens (tertiary/aromatic N) is 1. The van der Waals surface area contributed by atoms with E-state index < -0.39 is 10.0 Å². The maximum atomic E-state index is 12.0. The van der Waals surface area contributed by atoms with Crippen molar-refractivity contribution in [1.82, 2.24) is 10.0 Å². The number of ether oxygens (including phenoxy) is 1. The van der Waals surface area contributed by atoms with Crippen LogP contribution >= 0.6 is 15.9 Å². The van der Waals surface area contributed by atoms with Crippen LogP contribution in [0.5, 0.6) is 5.75 Å². The fourth-order valence-corrected chi connectivity index (χ4v) is 4.65. The van der Waals surface area contributed by atoms with Crippen molar-refractivity contribution in [2.24, 2.45) is 4.99 Å². The summed E-state index contributed by atoms with van der Waals surface area (Å²) < 4.78 is 33.1. The largest absolute Gasteiger partial charge is 0.492 e. The number of rotatable bonds is 10. The van der Waals surface area contributed by atoms with Gasteiger partial charge in [0.05, 0.1) is 11.4 Å². The first-order valence-electron chi connectivity index (χ1n) is 9.77. The summed E-state index contributed by atoms with van der Waals surface area (Å²) in [5.41, 5.74) is 0.613. The van der Waals surface area contributed by atoms with Gasteiger partial charge in [0, 0.05) is 23.0 Å². The van der Waals surface area contributed by atoms with Gasteiger partial charge in [0.1, 0.15) is 18.2 Å². The van der Waals surface area contributed by atoms with Crippen molar-refractivity contribution in [3.05, 3.63) is 58.6 Å². The Morgan fingerprint density at radius 3 is 2.77 bits per heavy atom. The molecule has 1 aliphatic rings.